The first-order chi connectivity index (χ1) is 8.95. The third kappa shape index (κ3) is 2.10. The van der Waals surface area contributed by atoms with Crippen LogP contribution in [-0.4, -0.2) is 28.4 Å². The van der Waals surface area contributed by atoms with E-state index in [0.29, 0.717) is 5.56 Å². The number of phenols is 1. The van der Waals surface area contributed by atoms with Crippen molar-refractivity contribution >= 4 is 5.97 Å². The van der Waals surface area contributed by atoms with Gasteiger partial charge in [0.25, 0.3) is 0 Å². The van der Waals surface area contributed by atoms with Crippen molar-refractivity contribution in [3.05, 3.63) is 29.2 Å². The summed E-state index contributed by atoms with van der Waals surface area (Å²) in [5, 5.41) is 21.7. The van der Waals surface area contributed by atoms with Crippen molar-refractivity contribution in [3.63, 3.8) is 0 Å². The van der Waals surface area contributed by atoms with E-state index in [1.54, 1.807) is 6.92 Å². The number of rotatable bonds is 3. The van der Waals surface area contributed by atoms with Crippen molar-refractivity contribution < 1.29 is 28.7 Å². The lowest BCUT2D eigenvalue weighted by atomic mass is 10.1. The Morgan fingerprint density at radius 3 is 2.68 bits per heavy atom. The van der Waals surface area contributed by atoms with Gasteiger partial charge in [0.2, 0.25) is 0 Å². The molecule has 0 fully saturated rings. The van der Waals surface area contributed by atoms with Crippen molar-refractivity contribution in [1.29, 1.82) is 0 Å². The van der Waals surface area contributed by atoms with Crippen molar-refractivity contribution in [3.8, 4) is 22.8 Å². The van der Waals surface area contributed by atoms with Gasteiger partial charge in [-0.1, -0.05) is 5.16 Å². The van der Waals surface area contributed by atoms with E-state index in [1.807, 2.05) is 0 Å². The zero-order valence-corrected chi connectivity index (χ0v) is 10.1. The van der Waals surface area contributed by atoms with E-state index in [1.165, 1.54) is 13.2 Å². The number of benzene rings is 1. The molecule has 0 aliphatic heterocycles. The molecular formula is C12H10FNO5. The van der Waals surface area contributed by atoms with Gasteiger partial charge >= 0.3 is 5.97 Å². The predicted molar refractivity (Wildman–Crippen MR) is 61.8 cm³/mol. The zero-order valence-electron chi connectivity index (χ0n) is 10.1. The molecule has 2 N–H and O–H groups in total. The third-order valence-electron chi connectivity index (χ3n) is 2.58. The van der Waals surface area contributed by atoms with Crippen LogP contribution in [0, 0.1) is 12.7 Å². The van der Waals surface area contributed by atoms with Gasteiger partial charge in [0.1, 0.15) is 0 Å². The second-order valence-electron chi connectivity index (χ2n) is 3.82. The molecule has 7 heteroatoms. The highest BCUT2D eigenvalue weighted by Crippen LogP contribution is 2.38. The van der Waals surface area contributed by atoms with Crippen molar-refractivity contribution in [2.24, 2.45) is 0 Å². The number of aromatic hydroxyl groups is 1. The monoisotopic (exact) mass is 267 g/mol. The van der Waals surface area contributed by atoms with E-state index in [2.05, 4.69) is 5.16 Å². The van der Waals surface area contributed by atoms with Gasteiger partial charge in [-0.05, 0) is 18.6 Å². The van der Waals surface area contributed by atoms with Crippen LogP contribution in [0.25, 0.3) is 11.3 Å². The van der Waals surface area contributed by atoms with Gasteiger partial charge in [-0.2, -0.15) is 0 Å². The van der Waals surface area contributed by atoms with Crippen LogP contribution in [0.3, 0.4) is 0 Å². The number of aromatic nitrogens is 1. The summed E-state index contributed by atoms with van der Waals surface area (Å²) in [6, 6.07) is 2.41. The maximum Gasteiger partial charge on any atom is 0.358 e. The lowest BCUT2D eigenvalue weighted by molar-refractivity contribution is 0.0686. The van der Waals surface area contributed by atoms with Gasteiger partial charge in [-0.25, -0.2) is 9.18 Å². The van der Waals surface area contributed by atoms with Crippen molar-refractivity contribution in [1.82, 2.24) is 5.16 Å². The number of carbonyl (C=O) groups is 1. The number of phenolic OH excluding ortho intramolecular Hbond substituents is 1. The van der Waals surface area contributed by atoms with Crippen LogP contribution in [-0.2, 0) is 0 Å². The van der Waals surface area contributed by atoms with E-state index in [-0.39, 0.29) is 28.5 Å². The molecule has 19 heavy (non-hydrogen) atoms. The minimum Gasteiger partial charge on any atom is -0.504 e. The largest absolute Gasteiger partial charge is 0.504 e. The van der Waals surface area contributed by atoms with E-state index < -0.39 is 11.8 Å². The van der Waals surface area contributed by atoms with E-state index >= 15 is 0 Å². The summed E-state index contributed by atoms with van der Waals surface area (Å²) in [4.78, 5) is 10.7. The molecule has 0 unspecified atom stereocenters. The highest BCUT2D eigenvalue weighted by atomic mass is 19.1. The Morgan fingerprint density at radius 1 is 1.47 bits per heavy atom. The summed E-state index contributed by atoms with van der Waals surface area (Å²) in [6.07, 6.45) is 0. The van der Waals surface area contributed by atoms with Gasteiger partial charge < -0.3 is 19.5 Å². The van der Waals surface area contributed by atoms with Crippen LogP contribution in [0.4, 0.5) is 4.39 Å². The van der Waals surface area contributed by atoms with Gasteiger partial charge in [0.15, 0.2) is 28.8 Å². The molecule has 2 aromatic rings. The van der Waals surface area contributed by atoms with Crippen LogP contribution in [0.1, 0.15) is 16.1 Å². The minimum absolute atomic E-state index is 0.0350. The molecule has 0 saturated carbocycles. The molecule has 2 rings (SSSR count). The lowest BCUT2D eigenvalue weighted by Gasteiger charge is -2.09. The number of nitrogens with zero attached hydrogens (tertiary/aromatic N) is 1. The summed E-state index contributed by atoms with van der Waals surface area (Å²) in [6.45, 7) is 1.55. The molecule has 1 aromatic carbocycles. The number of ether oxygens (including phenoxy) is 1. The fourth-order valence-corrected chi connectivity index (χ4v) is 1.62. The Hall–Kier alpha value is -2.57. The Morgan fingerprint density at radius 2 is 2.16 bits per heavy atom. The third-order valence-corrected chi connectivity index (χ3v) is 2.58. The second kappa shape index (κ2) is 4.60. The summed E-state index contributed by atoms with van der Waals surface area (Å²) in [5.41, 5.74) is -0.00669. The zero-order chi connectivity index (χ0) is 14.2. The molecule has 0 saturated heterocycles. The summed E-state index contributed by atoms with van der Waals surface area (Å²) in [7, 11) is 1.21. The maximum absolute atomic E-state index is 14.1. The summed E-state index contributed by atoms with van der Waals surface area (Å²) >= 11 is 0. The number of methoxy groups -OCH3 is 1. The molecule has 0 amide bonds. The van der Waals surface area contributed by atoms with E-state index in [4.69, 9.17) is 14.4 Å². The minimum atomic E-state index is -1.28. The lowest BCUT2D eigenvalue weighted by Crippen LogP contribution is -1.95. The Balaban J connectivity index is 2.61. The standard InChI is InChI=1S/C12H10FNO5/c1-5-3-6(9(13)11(18-2)10(5)15)8-4-7(12(16)17)14-19-8/h3-4,15H,1-2H3,(H,16,17). The first kappa shape index (κ1) is 12.9. The molecule has 0 spiro atoms. The van der Waals surface area contributed by atoms with Crippen LogP contribution < -0.4 is 4.74 Å². The van der Waals surface area contributed by atoms with Gasteiger partial charge in [-0.15, -0.1) is 0 Å². The fourth-order valence-electron chi connectivity index (χ4n) is 1.62. The average molecular weight is 267 g/mol. The van der Waals surface area contributed by atoms with Gasteiger partial charge in [0.05, 0.1) is 12.7 Å². The first-order valence-corrected chi connectivity index (χ1v) is 5.22. The Bertz CT molecular complexity index is 650. The quantitative estimate of drug-likeness (QED) is 0.885. The Labute approximate surface area is 107 Å². The molecule has 0 radical (unpaired) electrons. The number of halogens is 1. The molecule has 1 aromatic heterocycles. The molecular weight excluding hydrogens is 257 g/mol. The second-order valence-corrected chi connectivity index (χ2v) is 3.82. The highest BCUT2D eigenvalue weighted by Gasteiger charge is 2.21. The van der Waals surface area contributed by atoms with Crippen LogP contribution >= 0.6 is 0 Å². The number of carboxylic acids is 1. The number of hydrogen-bond acceptors (Lipinski definition) is 5. The normalized spacial score (nSPS) is 10.5. The van der Waals surface area contributed by atoms with Crippen LogP contribution in [0.2, 0.25) is 0 Å². The van der Waals surface area contributed by atoms with E-state index in [0.717, 1.165) is 6.07 Å². The number of carboxylic acid groups (broad SMARTS) is 1. The molecule has 0 aliphatic rings. The van der Waals surface area contributed by atoms with Gasteiger partial charge in [-0.3, -0.25) is 0 Å². The van der Waals surface area contributed by atoms with E-state index in [9.17, 15) is 14.3 Å². The predicted octanol–water partition coefficient (Wildman–Crippen LogP) is 2.20. The van der Waals surface area contributed by atoms with Crippen molar-refractivity contribution in [2.75, 3.05) is 7.11 Å². The molecule has 1 heterocycles. The SMILES string of the molecule is COc1c(O)c(C)cc(-c2cc(C(=O)O)no2)c1F. The number of aromatic carboxylic acids is 1. The highest BCUT2D eigenvalue weighted by molar-refractivity contribution is 5.86. The fraction of sp³-hybridized carbons (Fsp3) is 0.167. The smallest absolute Gasteiger partial charge is 0.358 e. The molecule has 100 valence electrons. The molecule has 6 nitrogen and oxygen atoms in total. The molecule has 0 atom stereocenters. The number of aryl methyl sites for hydroxylation is 1. The molecule has 0 aliphatic carbocycles. The topological polar surface area (TPSA) is 92.8 Å². The first-order valence-electron chi connectivity index (χ1n) is 5.22. The average Bonchev–Trinajstić information content (AvgIpc) is 2.84. The Kier molecular flexibility index (Phi) is 3.12. The van der Waals surface area contributed by atoms with Crippen LogP contribution in [0.15, 0.2) is 16.7 Å². The van der Waals surface area contributed by atoms with Crippen molar-refractivity contribution in [2.45, 2.75) is 6.92 Å². The van der Waals surface area contributed by atoms with Crippen LogP contribution in [0.5, 0.6) is 11.5 Å². The number of hydrogen-bond donors (Lipinski definition) is 2. The maximum atomic E-state index is 14.1. The molecule has 0 bridgehead atoms. The summed E-state index contributed by atoms with van der Waals surface area (Å²) in [5.74, 6) is -2.84. The van der Waals surface area contributed by atoms with Gasteiger partial charge in [0, 0.05) is 6.07 Å². The summed E-state index contributed by atoms with van der Waals surface area (Å²) < 4.78 is 23.6.